The summed E-state index contributed by atoms with van der Waals surface area (Å²) < 4.78 is 15.8. The van der Waals surface area contributed by atoms with Crippen LogP contribution in [0.15, 0.2) is 64.3 Å². The number of dihydropyridines is 1. The molecule has 178 valence electrons. The van der Waals surface area contributed by atoms with Gasteiger partial charge in [0, 0.05) is 21.8 Å². The van der Waals surface area contributed by atoms with Crippen LogP contribution < -0.4 is 10.1 Å². The third kappa shape index (κ3) is 4.37. The van der Waals surface area contributed by atoms with Crippen LogP contribution in [0, 0.1) is 11.8 Å². The Kier molecular flexibility index (Phi) is 6.88. The summed E-state index contributed by atoms with van der Waals surface area (Å²) >= 11 is 1.46. The van der Waals surface area contributed by atoms with Crippen molar-refractivity contribution in [2.45, 2.75) is 32.8 Å². The van der Waals surface area contributed by atoms with Crippen LogP contribution in [-0.4, -0.2) is 31.9 Å². The second-order valence-electron chi connectivity index (χ2n) is 8.48. The molecular weight excluding hydrogens is 454 g/mol. The molecule has 2 aliphatic rings. The maximum absolute atomic E-state index is 13.6. The van der Waals surface area contributed by atoms with Crippen LogP contribution in [0.3, 0.4) is 0 Å². The third-order valence-corrected chi connectivity index (χ3v) is 7.26. The summed E-state index contributed by atoms with van der Waals surface area (Å²) in [5.41, 5.74) is 3.03. The summed E-state index contributed by atoms with van der Waals surface area (Å²) in [6.07, 6.45) is 0.508. The molecule has 1 aromatic heterocycles. The van der Waals surface area contributed by atoms with Gasteiger partial charge in [-0.05, 0) is 48.4 Å². The lowest BCUT2D eigenvalue weighted by molar-refractivity contribution is -0.151. The number of carbonyl (C=O) groups is 3. The standard InChI is InChI=1S/C26H27NO6S/c1-14-12-18-22(24(28)20(14)25(29)32-4)23(19-6-5-11-34-19)21(15(2)27-18)26(30)33-13-16-7-9-17(31-3)10-8-16/h5-11,14,20,23,27H,12-13H2,1-4H3. The Labute approximate surface area is 202 Å². The number of thiophene rings is 1. The Morgan fingerprint density at radius 2 is 1.88 bits per heavy atom. The Bertz CT molecular complexity index is 1160. The Balaban J connectivity index is 1.67. The van der Waals surface area contributed by atoms with Crippen molar-refractivity contribution >= 4 is 29.1 Å². The van der Waals surface area contributed by atoms with Crippen LogP contribution >= 0.6 is 11.3 Å². The van der Waals surface area contributed by atoms with Crippen molar-refractivity contribution in [3.63, 3.8) is 0 Å². The first-order valence-electron chi connectivity index (χ1n) is 11.0. The SMILES string of the molecule is COC(=O)C1C(=O)C2=C(CC1C)NC(C)=C(C(=O)OCc1ccc(OC)cc1)C2c1cccs1. The van der Waals surface area contributed by atoms with E-state index < -0.39 is 23.8 Å². The van der Waals surface area contributed by atoms with Crippen molar-refractivity contribution in [1.82, 2.24) is 5.32 Å². The maximum atomic E-state index is 13.6. The molecule has 1 aliphatic carbocycles. The predicted octanol–water partition coefficient (Wildman–Crippen LogP) is 4.11. The number of esters is 2. The lowest BCUT2D eigenvalue weighted by Gasteiger charge is -2.37. The highest BCUT2D eigenvalue weighted by Gasteiger charge is 2.47. The summed E-state index contributed by atoms with van der Waals surface area (Å²) in [5, 5.41) is 5.17. The highest BCUT2D eigenvalue weighted by Crippen LogP contribution is 2.46. The minimum atomic E-state index is -0.900. The number of ketones is 1. The Hall–Kier alpha value is -3.39. The van der Waals surface area contributed by atoms with Gasteiger partial charge in [0.2, 0.25) is 0 Å². The van der Waals surface area contributed by atoms with Gasteiger partial charge in [-0.25, -0.2) is 4.79 Å². The van der Waals surface area contributed by atoms with Gasteiger partial charge < -0.3 is 19.5 Å². The number of nitrogens with one attached hydrogen (secondary N) is 1. The summed E-state index contributed by atoms with van der Waals surface area (Å²) in [6, 6.07) is 11.0. The van der Waals surface area contributed by atoms with Gasteiger partial charge in [-0.3, -0.25) is 9.59 Å². The van der Waals surface area contributed by atoms with Crippen LogP contribution in [0.25, 0.3) is 0 Å². The van der Waals surface area contributed by atoms with Crippen LogP contribution in [0.1, 0.15) is 36.6 Å². The number of carbonyl (C=O) groups excluding carboxylic acids is 3. The second-order valence-corrected chi connectivity index (χ2v) is 9.45. The van der Waals surface area contributed by atoms with E-state index in [0.717, 1.165) is 16.1 Å². The molecule has 0 bridgehead atoms. The van der Waals surface area contributed by atoms with Crippen LogP contribution in [0.4, 0.5) is 0 Å². The van der Waals surface area contributed by atoms with Gasteiger partial charge >= 0.3 is 11.9 Å². The number of allylic oxidation sites excluding steroid dienone is 3. The van der Waals surface area contributed by atoms with E-state index >= 15 is 0 Å². The monoisotopic (exact) mass is 481 g/mol. The molecule has 0 amide bonds. The number of rotatable bonds is 6. The molecule has 1 aromatic carbocycles. The highest BCUT2D eigenvalue weighted by atomic mass is 32.1. The Morgan fingerprint density at radius 3 is 2.50 bits per heavy atom. The normalized spacial score (nSPS) is 22.1. The predicted molar refractivity (Wildman–Crippen MR) is 127 cm³/mol. The molecule has 0 fully saturated rings. The van der Waals surface area contributed by atoms with E-state index in [4.69, 9.17) is 14.2 Å². The second kappa shape index (κ2) is 9.85. The first-order valence-corrected chi connectivity index (χ1v) is 11.9. The molecule has 3 atom stereocenters. The van der Waals surface area contributed by atoms with Gasteiger partial charge in [0.1, 0.15) is 18.3 Å². The van der Waals surface area contributed by atoms with Gasteiger partial charge in [-0.1, -0.05) is 25.1 Å². The zero-order valence-corrected chi connectivity index (χ0v) is 20.4. The van der Waals surface area contributed by atoms with Crippen molar-refractivity contribution in [2.24, 2.45) is 11.8 Å². The molecule has 1 N–H and O–H groups in total. The number of benzene rings is 1. The molecular formula is C26H27NO6S. The zero-order chi connectivity index (χ0) is 24.4. The van der Waals surface area contributed by atoms with Crippen LogP contribution in [-0.2, 0) is 30.5 Å². The van der Waals surface area contributed by atoms with E-state index in [2.05, 4.69) is 5.32 Å². The summed E-state index contributed by atoms with van der Waals surface area (Å²) in [4.78, 5) is 40.3. The minimum Gasteiger partial charge on any atom is -0.497 e. The highest BCUT2D eigenvalue weighted by molar-refractivity contribution is 7.10. The molecule has 0 radical (unpaired) electrons. The van der Waals surface area contributed by atoms with E-state index in [-0.39, 0.29) is 18.3 Å². The molecule has 34 heavy (non-hydrogen) atoms. The fraction of sp³-hybridized carbons (Fsp3) is 0.346. The van der Waals surface area contributed by atoms with Gasteiger partial charge in [0.25, 0.3) is 0 Å². The molecule has 8 heteroatoms. The lowest BCUT2D eigenvalue weighted by atomic mass is 9.70. The minimum absolute atomic E-state index is 0.0818. The maximum Gasteiger partial charge on any atom is 0.337 e. The van der Waals surface area contributed by atoms with Crippen molar-refractivity contribution in [1.29, 1.82) is 0 Å². The van der Waals surface area contributed by atoms with E-state index in [9.17, 15) is 14.4 Å². The third-order valence-electron chi connectivity index (χ3n) is 6.32. The number of hydrogen-bond donors (Lipinski definition) is 1. The average molecular weight is 482 g/mol. The van der Waals surface area contributed by atoms with E-state index in [1.807, 2.05) is 43.5 Å². The van der Waals surface area contributed by atoms with Crippen LogP contribution in [0.2, 0.25) is 0 Å². The molecule has 2 aromatic rings. The van der Waals surface area contributed by atoms with E-state index in [1.165, 1.54) is 18.4 Å². The fourth-order valence-corrected chi connectivity index (χ4v) is 5.48. The lowest BCUT2D eigenvalue weighted by Crippen LogP contribution is -2.43. The van der Waals surface area contributed by atoms with Crippen molar-refractivity contribution in [3.05, 3.63) is 74.8 Å². The number of Topliss-reactive ketones (excluding diaryl/α,β-unsaturated/α-hetero) is 1. The van der Waals surface area contributed by atoms with Gasteiger partial charge in [0.15, 0.2) is 5.78 Å². The van der Waals surface area contributed by atoms with Gasteiger partial charge in [0.05, 0.1) is 25.7 Å². The van der Waals surface area contributed by atoms with Crippen molar-refractivity contribution < 1.29 is 28.6 Å². The molecule has 0 spiro atoms. The average Bonchev–Trinajstić information content (AvgIpc) is 3.36. The first-order chi connectivity index (χ1) is 16.3. The molecule has 0 saturated heterocycles. The van der Waals surface area contributed by atoms with Crippen molar-refractivity contribution in [3.8, 4) is 5.75 Å². The Morgan fingerprint density at radius 1 is 1.15 bits per heavy atom. The summed E-state index contributed by atoms with van der Waals surface area (Å²) in [6.45, 7) is 3.76. The van der Waals surface area contributed by atoms with Gasteiger partial charge in [-0.15, -0.1) is 11.3 Å². The first kappa shape index (κ1) is 23.8. The molecule has 3 unspecified atom stereocenters. The van der Waals surface area contributed by atoms with Gasteiger partial charge in [-0.2, -0.15) is 0 Å². The number of methoxy groups -OCH3 is 2. The number of ether oxygens (including phenoxy) is 3. The zero-order valence-electron chi connectivity index (χ0n) is 19.5. The summed E-state index contributed by atoms with van der Waals surface area (Å²) in [5.74, 6) is -2.37. The topological polar surface area (TPSA) is 90.9 Å². The van der Waals surface area contributed by atoms with E-state index in [0.29, 0.717) is 29.0 Å². The molecule has 1 aliphatic heterocycles. The van der Waals surface area contributed by atoms with Crippen LogP contribution in [0.5, 0.6) is 5.75 Å². The number of hydrogen-bond acceptors (Lipinski definition) is 8. The quantitative estimate of drug-likeness (QED) is 0.490. The molecule has 7 nitrogen and oxygen atoms in total. The van der Waals surface area contributed by atoms with E-state index in [1.54, 1.807) is 19.2 Å². The molecule has 4 rings (SSSR count). The molecule has 0 saturated carbocycles. The smallest absolute Gasteiger partial charge is 0.337 e. The summed E-state index contributed by atoms with van der Waals surface area (Å²) in [7, 11) is 2.88. The fourth-order valence-electron chi connectivity index (χ4n) is 4.64. The largest absolute Gasteiger partial charge is 0.497 e. The molecule has 2 heterocycles. The van der Waals surface area contributed by atoms with Crippen molar-refractivity contribution in [2.75, 3.05) is 14.2 Å².